The van der Waals surface area contributed by atoms with Crippen LogP contribution in [-0.2, 0) is 23.1 Å². The van der Waals surface area contributed by atoms with Crippen LogP contribution in [0.5, 0.6) is 0 Å². The largest absolute Gasteiger partial charge is 0.348 e. The predicted octanol–water partition coefficient (Wildman–Crippen LogP) is 2.73. The molecule has 2 aromatic carbocycles. The van der Waals surface area contributed by atoms with Gasteiger partial charge in [-0.25, -0.2) is 12.7 Å². The number of nitrogens with zero attached hydrogens (tertiary/aromatic N) is 2. The molecule has 0 aliphatic rings. The van der Waals surface area contributed by atoms with E-state index >= 15 is 0 Å². The van der Waals surface area contributed by atoms with Crippen molar-refractivity contribution in [1.29, 1.82) is 0 Å². The Balaban J connectivity index is 1.67. The van der Waals surface area contributed by atoms with Crippen LogP contribution < -0.4 is 10.9 Å². The highest BCUT2D eigenvalue weighted by Crippen LogP contribution is 2.24. The van der Waals surface area contributed by atoms with Gasteiger partial charge >= 0.3 is 0 Å². The van der Waals surface area contributed by atoms with Crippen molar-refractivity contribution in [2.45, 2.75) is 18.0 Å². The Labute approximate surface area is 185 Å². The van der Waals surface area contributed by atoms with E-state index < -0.39 is 15.9 Å². The lowest BCUT2D eigenvalue weighted by Crippen LogP contribution is -2.25. The van der Waals surface area contributed by atoms with Gasteiger partial charge in [-0.2, -0.15) is 0 Å². The van der Waals surface area contributed by atoms with E-state index in [1.54, 1.807) is 22.9 Å². The maximum absolute atomic E-state index is 12.5. The summed E-state index contributed by atoms with van der Waals surface area (Å²) >= 11 is 6.03. The fourth-order valence-corrected chi connectivity index (χ4v) is 4.27. The molecule has 0 saturated carbocycles. The molecule has 0 fully saturated rings. The van der Waals surface area contributed by atoms with Gasteiger partial charge in [0.1, 0.15) is 4.90 Å². The highest BCUT2D eigenvalue weighted by molar-refractivity contribution is 7.89. The minimum Gasteiger partial charge on any atom is -0.348 e. The van der Waals surface area contributed by atoms with Crippen LogP contribution in [0.2, 0.25) is 5.02 Å². The third-order valence-corrected chi connectivity index (χ3v) is 6.98. The summed E-state index contributed by atoms with van der Waals surface area (Å²) in [4.78, 5) is 24.2. The topological polar surface area (TPSA) is 88.5 Å². The molecular formula is C22H22ClN3O4S. The first kappa shape index (κ1) is 22.7. The van der Waals surface area contributed by atoms with Crippen molar-refractivity contribution in [2.75, 3.05) is 14.1 Å². The molecule has 1 N–H and O–H groups in total. The Morgan fingerprint density at radius 1 is 1.03 bits per heavy atom. The normalized spacial score (nSPS) is 11.5. The maximum atomic E-state index is 12.5. The number of rotatable bonds is 7. The Bertz CT molecular complexity index is 1250. The SMILES string of the molecule is CN(C)S(=O)(=O)c1cc(C(=O)NCc2ccc(Cn3ccccc3=O)cc2)ccc1Cl. The number of sulfonamides is 1. The van der Waals surface area contributed by atoms with Crippen molar-refractivity contribution in [3.05, 3.63) is 98.9 Å². The van der Waals surface area contributed by atoms with E-state index in [0.29, 0.717) is 6.54 Å². The zero-order valence-electron chi connectivity index (χ0n) is 17.1. The van der Waals surface area contributed by atoms with Crippen LogP contribution >= 0.6 is 11.6 Å². The van der Waals surface area contributed by atoms with E-state index in [4.69, 9.17) is 11.6 Å². The second-order valence-corrected chi connectivity index (χ2v) is 9.63. The average Bonchev–Trinajstić information content (AvgIpc) is 2.74. The predicted molar refractivity (Wildman–Crippen MR) is 120 cm³/mol. The van der Waals surface area contributed by atoms with E-state index in [2.05, 4.69) is 5.32 Å². The molecule has 0 bridgehead atoms. The fourth-order valence-electron chi connectivity index (χ4n) is 2.87. The lowest BCUT2D eigenvalue weighted by molar-refractivity contribution is 0.0950. The number of carbonyl (C=O) groups is 1. The van der Waals surface area contributed by atoms with Gasteiger partial charge in [-0.3, -0.25) is 9.59 Å². The Morgan fingerprint density at radius 2 is 1.71 bits per heavy atom. The van der Waals surface area contributed by atoms with E-state index in [1.807, 2.05) is 24.3 Å². The molecule has 31 heavy (non-hydrogen) atoms. The summed E-state index contributed by atoms with van der Waals surface area (Å²) in [7, 11) is -0.969. The zero-order chi connectivity index (χ0) is 22.6. The number of hydrogen-bond donors (Lipinski definition) is 1. The average molecular weight is 460 g/mol. The van der Waals surface area contributed by atoms with Gasteiger partial charge in [0.15, 0.2) is 0 Å². The summed E-state index contributed by atoms with van der Waals surface area (Å²) < 4.78 is 27.4. The van der Waals surface area contributed by atoms with Gasteiger partial charge in [0.25, 0.3) is 11.5 Å². The number of hydrogen-bond acceptors (Lipinski definition) is 4. The molecule has 1 aromatic heterocycles. The van der Waals surface area contributed by atoms with Crippen molar-refractivity contribution in [2.24, 2.45) is 0 Å². The molecule has 1 heterocycles. The number of amides is 1. The minimum atomic E-state index is -3.77. The smallest absolute Gasteiger partial charge is 0.251 e. The summed E-state index contributed by atoms with van der Waals surface area (Å²) in [6.07, 6.45) is 1.73. The molecule has 3 rings (SSSR count). The lowest BCUT2D eigenvalue weighted by atomic mass is 10.1. The van der Waals surface area contributed by atoms with Crippen molar-refractivity contribution < 1.29 is 13.2 Å². The molecule has 3 aromatic rings. The zero-order valence-corrected chi connectivity index (χ0v) is 18.7. The van der Waals surface area contributed by atoms with E-state index in [1.165, 1.54) is 38.4 Å². The van der Waals surface area contributed by atoms with Crippen LogP contribution in [0.4, 0.5) is 0 Å². The number of halogens is 1. The molecule has 0 atom stereocenters. The molecule has 0 radical (unpaired) electrons. The van der Waals surface area contributed by atoms with Gasteiger partial charge in [0.05, 0.1) is 11.6 Å². The van der Waals surface area contributed by atoms with E-state index in [0.717, 1.165) is 15.4 Å². The molecule has 7 nitrogen and oxygen atoms in total. The number of nitrogens with one attached hydrogen (secondary N) is 1. The summed E-state index contributed by atoms with van der Waals surface area (Å²) in [5, 5.41) is 2.83. The van der Waals surface area contributed by atoms with Crippen molar-refractivity contribution in [3.63, 3.8) is 0 Å². The monoisotopic (exact) mass is 459 g/mol. The van der Waals surface area contributed by atoms with Crippen LogP contribution in [-0.4, -0.2) is 37.3 Å². The first-order valence-corrected chi connectivity index (χ1v) is 11.2. The Kier molecular flexibility index (Phi) is 6.94. The summed E-state index contributed by atoms with van der Waals surface area (Å²) in [6.45, 7) is 0.725. The minimum absolute atomic E-state index is 0.0540. The van der Waals surface area contributed by atoms with Gasteiger partial charge in [-0.1, -0.05) is 41.9 Å². The van der Waals surface area contributed by atoms with Crippen LogP contribution in [0.15, 0.2) is 76.6 Å². The summed E-state index contributed by atoms with van der Waals surface area (Å²) in [6, 6.07) is 16.7. The molecule has 0 spiro atoms. The van der Waals surface area contributed by atoms with Gasteiger partial charge in [0, 0.05) is 38.5 Å². The quantitative estimate of drug-likeness (QED) is 0.588. The first-order chi connectivity index (χ1) is 14.7. The number of benzene rings is 2. The molecule has 0 aliphatic carbocycles. The van der Waals surface area contributed by atoms with E-state index in [-0.39, 0.29) is 27.6 Å². The highest BCUT2D eigenvalue weighted by Gasteiger charge is 2.22. The standard InChI is InChI=1S/C22H22ClN3O4S/c1-25(2)31(29,30)20-13-18(10-11-19(20)23)22(28)24-14-16-6-8-17(9-7-16)15-26-12-4-3-5-21(26)27/h3-13H,14-15H2,1-2H3,(H,24,28). The van der Waals surface area contributed by atoms with Crippen LogP contribution in [0.3, 0.4) is 0 Å². The van der Waals surface area contributed by atoms with Gasteiger partial charge in [0.2, 0.25) is 10.0 Å². The van der Waals surface area contributed by atoms with Gasteiger partial charge in [-0.15, -0.1) is 0 Å². The number of aromatic nitrogens is 1. The second-order valence-electron chi connectivity index (χ2n) is 7.10. The number of carbonyl (C=O) groups excluding carboxylic acids is 1. The van der Waals surface area contributed by atoms with Crippen molar-refractivity contribution in [1.82, 2.24) is 14.2 Å². The fraction of sp³-hybridized carbons (Fsp3) is 0.182. The summed E-state index contributed by atoms with van der Waals surface area (Å²) in [5.74, 6) is -0.410. The lowest BCUT2D eigenvalue weighted by Gasteiger charge is -2.14. The highest BCUT2D eigenvalue weighted by atomic mass is 35.5. The molecule has 9 heteroatoms. The molecule has 0 saturated heterocycles. The third-order valence-electron chi connectivity index (χ3n) is 4.68. The van der Waals surface area contributed by atoms with Crippen LogP contribution in [0.1, 0.15) is 21.5 Å². The second kappa shape index (κ2) is 9.47. The number of pyridine rings is 1. The molecule has 162 valence electrons. The van der Waals surface area contributed by atoms with Gasteiger partial charge < -0.3 is 9.88 Å². The maximum Gasteiger partial charge on any atom is 0.251 e. The van der Waals surface area contributed by atoms with Crippen LogP contribution in [0.25, 0.3) is 0 Å². The van der Waals surface area contributed by atoms with Crippen molar-refractivity contribution >= 4 is 27.5 Å². The Morgan fingerprint density at radius 3 is 2.35 bits per heavy atom. The first-order valence-electron chi connectivity index (χ1n) is 9.42. The third kappa shape index (κ3) is 5.41. The molecule has 0 unspecified atom stereocenters. The van der Waals surface area contributed by atoms with Crippen molar-refractivity contribution in [3.8, 4) is 0 Å². The van der Waals surface area contributed by atoms with E-state index in [9.17, 15) is 18.0 Å². The Hall–Kier alpha value is -2.94. The molecular weight excluding hydrogens is 438 g/mol. The summed E-state index contributed by atoms with van der Waals surface area (Å²) in [5.41, 5.74) is 1.95. The molecule has 1 amide bonds. The van der Waals surface area contributed by atoms with Crippen LogP contribution in [0, 0.1) is 0 Å². The van der Waals surface area contributed by atoms with Gasteiger partial charge in [-0.05, 0) is 35.4 Å². The molecule has 0 aliphatic heterocycles.